The second-order valence-electron chi connectivity index (χ2n) is 5.30. The van der Waals surface area contributed by atoms with E-state index in [-0.39, 0.29) is 6.61 Å². The van der Waals surface area contributed by atoms with Crippen LogP contribution >= 0.6 is 0 Å². The van der Waals surface area contributed by atoms with Crippen LogP contribution in [0.5, 0.6) is 5.75 Å². The molecule has 0 bridgehead atoms. The van der Waals surface area contributed by atoms with Gasteiger partial charge in [0.15, 0.2) is 0 Å². The third-order valence-electron chi connectivity index (χ3n) is 3.36. The summed E-state index contributed by atoms with van der Waals surface area (Å²) in [6, 6.07) is 16.7. The van der Waals surface area contributed by atoms with Gasteiger partial charge in [0.25, 0.3) is 0 Å². The smallest absolute Gasteiger partial charge is 0.120 e. The SMILES string of the molecule is N#Cc1cccc(OC[C@@H](O)CNCCc2ccc(N)cc2)c1. The molecule has 0 spiro atoms. The van der Waals surface area contributed by atoms with E-state index >= 15 is 0 Å². The van der Waals surface area contributed by atoms with Crippen molar-refractivity contribution in [2.24, 2.45) is 0 Å². The molecule has 0 aromatic heterocycles. The van der Waals surface area contributed by atoms with Gasteiger partial charge in [0.05, 0.1) is 11.6 Å². The van der Waals surface area contributed by atoms with Gasteiger partial charge in [-0.25, -0.2) is 0 Å². The van der Waals surface area contributed by atoms with Crippen molar-refractivity contribution in [2.45, 2.75) is 12.5 Å². The molecular weight excluding hydrogens is 290 g/mol. The molecular formula is C18H21N3O2. The van der Waals surface area contributed by atoms with E-state index in [4.69, 9.17) is 15.7 Å². The Balaban J connectivity index is 1.64. The molecule has 23 heavy (non-hydrogen) atoms. The summed E-state index contributed by atoms with van der Waals surface area (Å²) >= 11 is 0. The number of hydrogen-bond acceptors (Lipinski definition) is 5. The lowest BCUT2D eigenvalue weighted by molar-refractivity contribution is 0.106. The molecule has 0 saturated carbocycles. The first kappa shape index (κ1) is 16.8. The minimum absolute atomic E-state index is 0.184. The molecule has 0 amide bonds. The van der Waals surface area contributed by atoms with E-state index in [1.54, 1.807) is 24.3 Å². The molecule has 5 heteroatoms. The second kappa shape index (κ2) is 8.79. The number of nitrogens with one attached hydrogen (secondary N) is 1. The molecule has 2 aromatic rings. The first-order valence-corrected chi connectivity index (χ1v) is 7.53. The second-order valence-corrected chi connectivity index (χ2v) is 5.30. The van der Waals surface area contributed by atoms with Gasteiger partial charge in [-0.3, -0.25) is 0 Å². The third kappa shape index (κ3) is 5.99. The molecule has 120 valence electrons. The van der Waals surface area contributed by atoms with E-state index in [0.29, 0.717) is 17.9 Å². The highest BCUT2D eigenvalue weighted by Gasteiger charge is 2.05. The van der Waals surface area contributed by atoms with Crippen molar-refractivity contribution in [1.29, 1.82) is 5.26 Å². The molecule has 0 aliphatic rings. The summed E-state index contributed by atoms with van der Waals surface area (Å²) in [6.07, 6.45) is 0.269. The summed E-state index contributed by atoms with van der Waals surface area (Å²) in [5, 5.41) is 21.9. The number of nitrogens with zero attached hydrogens (tertiary/aromatic N) is 1. The molecule has 5 nitrogen and oxygen atoms in total. The Bertz CT molecular complexity index is 650. The summed E-state index contributed by atoms with van der Waals surface area (Å²) in [5.41, 5.74) is 8.14. The fraction of sp³-hybridized carbons (Fsp3) is 0.278. The van der Waals surface area contributed by atoms with Crippen LogP contribution in [0.3, 0.4) is 0 Å². The highest BCUT2D eigenvalue weighted by atomic mass is 16.5. The van der Waals surface area contributed by atoms with Gasteiger partial charge in [-0.1, -0.05) is 18.2 Å². The van der Waals surface area contributed by atoms with Crippen LogP contribution < -0.4 is 15.8 Å². The van der Waals surface area contributed by atoms with E-state index in [1.807, 2.05) is 24.3 Å². The molecule has 0 heterocycles. The molecule has 2 rings (SSSR count). The van der Waals surface area contributed by atoms with Crippen LogP contribution in [-0.2, 0) is 6.42 Å². The Labute approximate surface area is 136 Å². The Morgan fingerprint density at radius 1 is 1.22 bits per heavy atom. The third-order valence-corrected chi connectivity index (χ3v) is 3.36. The number of nitrogen functional groups attached to an aromatic ring is 1. The van der Waals surface area contributed by atoms with Crippen molar-refractivity contribution >= 4 is 5.69 Å². The molecule has 0 saturated heterocycles. The van der Waals surface area contributed by atoms with Crippen LogP contribution in [0, 0.1) is 11.3 Å². The van der Waals surface area contributed by atoms with Crippen molar-refractivity contribution in [3.63, 3.8) is 0 Å². The van der Waals surface area contributed by atoms with Crippen molar-refractivity contribution in [3.8, 4) is 11.8 Å². The number of aliphatic hydroxyl groups is 1. The summed E-state index contributed by atoms with van der Waals surface area (Å²) < 4.78 is 5.48. The first-order valence-electron chi connectivity index (χ1n) is 7.53. The Hall–Kier alpha value is -2.55. The number of aliphatic hydroxyl groups excluding tert-OH is 1. The standard InChI is InChI=1S/C18H21N3O2/c19-11-15-2-1-3-18(10-15)23-13-17(22)12-21-9-8-14-4-6-16(20)7-5-14/h1-7,10,17,21-22H,8-9,12-13,20H2/t17-/m0/s1. The van der Waals surface area contributed by atoms with Crippen LogP contribution in [0.25, 0.3) is 0 Å². The predicted octanol–water partition coefficient (Wildman–Crippen LogP) is 1.71. The number of nitriles is 1. The molecule has 0 fully saturated rings. The van der Waals surface area contributed by atoms with Crippen LogP contribution in [0.2, 0.25) is 0 Å². The highest BCUT2D eigenvalue weighted by Crippen LogP contribution is 2.12. The van der Waals surface area contributed by atoms with Gasteiger partial charge >= 0.3 is 0 Å². The number of ether oxygens (including phenoxy) is 1. The zero-order valence-corrected chi connectivity index (χ0v) is 12.9. The molecule has 1 atom stereocenters. The van der Waals surface area contributed by atoms with Crippen molar-refractivity contribution in [2.75, 3.05) is 25.4 Å². The number of rotatable bonds is 8. The Morgan fingerprint density at radius 2 is 2.00 bits per heavy atom. The normalized spacial score (nSPS) is 11.7. The van der Waals surface area contributed by atoms with Crippen LogP contribution in [-0.4, -0.2) is 30.9 Å². The first-order chi connectivity index (χ1) is 11.2. The maximum atomic E-state index is 9.90. The minimum Gasteiger partial charge on any atom is -0.491 e. The number of nitrogens with two attached hydrogens (primary N) is 1. The molecule has 0 radical (unpaired) electrons. The lowest BCUT2D eigenvalue weighted by Gasteiger charge is -2.13. The summed E-state index contributed by atoms with van der Waals surface area (Å²) in [7, 11) is 0. The molecule has 4 N–H and O–H groups in total. The predicted molar refractivity (Wildman–Crippen MR) is 90.1 cm³/mol. The highest BCUT2D eigenvalue weighted by molar-refractivity contribution is 5.39. The topological polar surface area (TPSA) is 91.3 Å². The fourth-order valence-corrected chi connectivity index (χ4v) is 2.09. The Kier molecular flexibility index (Phi) is 6.42. The average molecular weight is 311 g/mol. The van der Waals surface area contributed by atoms with E-state index < -0.39 is 6.10 Å². The quantitative estimate of drug-likeness (QED) is 0.510. The zero-order valence-electron chi connectivity index (χ0n) is 12.9. The molecule has 0 aliphatic carbocycles. The zero-order chi connectivity index (χ0) is 16.5. The average Bonchev–Trinajstić information content (AvgIpc) is 2.58. The van der Waals surface area contributed by atoms with E-state index in [1.165, 1.54) is 5.56 Å². The van der Waals surface area contributed by atoms with Gasteiger partial charge in [-0.05, 0) is 48.9 Å². The molecule has 2 aromatic carbocycles. The van der Waals surface area contributed by atoms with Crippen molar-refractivity contribution in [1.82, 2.24) is 5.32 Å². The largest absolute Gasteiger partial charge is 0.491 e. The number of anilines is 1. The van der Waals surface area contributed by atoms with Gasteiger partial charge < -0.3 is 20.9 Å². The fourth-order valence-electron chi connectivity index (χ4n) is 2.09. The summed E-state index contributed by atoms with van der Waals surface area (Å²) in [5.74, 6) is 0.588. The monoisotopic (exact) mass is 311 g/mol. The summed E-state index contributed by atoms with van der Waals surface area (Å²) in [6.45, 7) is 1.40. The number of hydrogen-bond donors (Lipinski definition) is 3. The van der Waals surface area contributed by atoms with E-state index in [9.17, 15) is 5.11 Å². The number of benzene rings is 2. The van der Waals surface area contributed by atoms with Crippen LogP contribution in [0.1, 0.15) is 11.1 Å². The van der Waals surface area contributed by atoms with Crippen molar-refractivity contribution < 1.29 is 9.84 Å². The van der Waals surface area contributed by atoms with E-state index in [0.717, 1.165) is 18.7 Å². The maximum absolute atomic E-state index is 9.90. The van der Waals surface area contributed by atoms with E-state index in [2.05, 4.69) is 11.4 Å². The van der Waals surface area contributed by atoms with Crippen LogP contribution in [0.15, 0.2) is 48.5 Å². The minimum atomic E-state index is -0.604. The maximum Gasteiger partial charge on any atom is 0.120 e. The van der Waals surface area contributed by atoms with Gasteiger partial charge in [0, 0.05) is 12.2 Å². The molecule has 0 aliphatic heterocycles. The van der Waals surface area contributed by atoms with Gasteiger partial charge in [-0.15, -0.1) is 0 Å². The summed E-state index contributed by atoms with van der Waals surface area (Å²) in [4.78, 5) is 0. The van der Waals surface area contributed by atoms with Crippen molar-refractivity contribution in [3.05, 3.63) is 59.7 Å². The molecule has 0 unspecified atom stereocenters. The van der Waals surface area contributed by atoms with Crippen LogP contribution in [0.4, 0.5) is 5.69 Å². The lowest BCUT2D eigenvalue weighted by atomic mass is 10.1. The van der Waals surface area contributed by atoms with Gasteiger partial charge in [0.1, 0.15) is 18.5 Å². The Morgan fingerprint density at radius 3 is 2.74 bits per heavy atom. The van der Waals surface area contributed by atoms with Gasteiger partial charge in [-0.2, -0.15) is 5.26 Å². The lowest BCUT2D eigenvalue weighted by Crippen LogP contribution is -2.32. The van der Waals surface area contributed by atoms with Gasteiger partial charge in [0.2, 0.25) is 0 Å².